The number of benzene rings is 1. The maximum absolute atomic E-state index is 13.8. The summed E-state index contributed by atoms with van der Waals surface area (Å²) in [6.45, 7) is 11.2. The van der Waals surface area contributed by atoms with Crippen LogP contribution in [0.15, 0.2) is 42.5 Å². The number of allylic oxidation sites excluding steroid dienone is 2. The zero-order valence-corrected chi connectivity index (χ0v) is 21.5. The smallest absolute Gasteiger partial charge is 0.330 e. The van der Waals surface area contributed by atoms with Gasteiger partial charge in [0.15, 0.2) is 5.78 Å². The van der Waals surface area contributed by atoms with Crippen LogP contribution in [0.5, 0.6) is 5.88 Å². The van der Waals surface area contributed by atoms with E-state index in [0.717, 1.165) is 11.1 Å². The molecule has 0 atom stereocenters. The van der Waals surface area contributed by atoms with Crippen LogP contribution in [0, 0.1) is 12.3 Å². The Labute approximate surface area is 207 Å². The zero-order valence-electron chi connectivity index (χ0n) is 21.5. The third-order valence-electron chi connectivity index (χ3n) is 5.23. The Morgan fingerprint density at radius 1 is 1.11 bits per heavy atom. The van der Waals surface area contributed by atoms with Gasteiger partial charge in [0, 0.05) is 22.7 Å². The number of nitrogens with zero attached hydrogens (tertiary/aromatic N) is 1. The average molecular weight is 479 g/mol. The number of anilines is 1. The van der Waals surface area contributed by atoms with E-state index in [1.165, 1.54) is 13.2 Å². The standard InChI is InChI=1S/C28H34N2O5/c1-8-21-18(3)29-26(34-7)24(30-27(33)28(4,5)6)23(21)25(32)20-15-12-14-19(17-20)13-10-11-16-22(31)35-9-2/h10-17H,8-9H2,1-7H3,(H,30,33)/b13-10+,16-11+. The number of hydrogen-bond donors (Lipinski definition) is 1. The Morgan fingerprint density at radius 2 is 1.83 bits per heavy atom. The summed E-state index contributed by atoms with van der Waals surface area (Å²) in [5, 5.41) is 2.89. The predicted molar refractivity (Wildman–Crippen MR) is 138 cm³/mol. The van der Waals surface area contributed by atoms with Crippen LogP contribution in [-0.2, 0) is 20.7 Å². The molecule has 1 heterocycles. The van der Waals surface area contributed by atoms with E-state index in [9.17, 15) is 14.4 Å². The highest BCUT2D eigenvalue weighted by molar-refractivity contribution is 6.16. The van der Waals surface area contributed by atoms with Gasteiger partial charge in [0.05, 0.1) is 19.3 Å². The lowest BCUT2D eigenvalue weighted by Crippen LogP contribution is -2.29. The van der Waals surface area contributed by atoms with E-state index in [0.29, 0.717) is 29.8 Å². The minimum atomic E-state index is -0.676. The number of nitrogens with one attached hydrogen (secondary N) is 1. The molecule has 0 aliphatic rings. The van der Waals surface area contributed by atoms with Crippen LogP contribution in [0.25, 0.3) is 6.08 Å². The van der Waals surface area contributed by atoms with Crippen LogP contribution in [0.3, 0.4) is 0 Å². The number of esters is 1. The third kappa shape index (κ3) is 7.12. The molecule has 0 aliphatic carbocycles. The van der Waals surface area contributed by atoms with Crippen LogP contribution in [-0.4, -0.2) is 36.4 Å². The average Bonchev–Trinajstić information content (AvgIpc) is 2.81. The molecule has 2 aromatic rings. The molecule has 0 aliphatic heterocycles. The largest absolute Gasteiger partial charge is 0.479 e. The van der Waals surface area contributed by atoms with Crippen molar-refractivity contribution in [2.45, 2.75) is 48.0 Å². The molecule has 1 aromatic heterocycles. The van der Waals surface area contributed by atoms with Crippen molar-refractivity contribution in [3.8, 4) is 5.88 Å². The van der Waals surface area contributed by atoms with E-state index >= 15 is 0 Å². The van der Waals surface area contributed by atoms with Crippen molar-refractivity contribution < 1.29 is 23.9 Å². The summed E-state index contributed by atoms with van der Waals surface area (Å²) < 4.78 is 10.3. The lowest BCUT2D eigenvalue weighted by molar-refractivity contribution is -0.137. The molecular formula is C28H34N2O5. The van der Waals surface area contributed by atoms with E-state index in [-0.39, 0.29) is 23.3 Å². The van der Waals surface area contributed by atoms with Crippen molar-refractivity contribution in [2.75, 3.05) is 19.0 Å². The van der Waals surface area contributed by atoms with Gasteiger partial charge in [0.2, 0.25) is 11.8 Å². The normalized spacial score (nSPS) is 11.6. The third-order valence-corrected chi connectivity index (χ3v) is 5.23. The number of carbonyl (C=O) groups excluding carboxylic acids is 3. The van der Waals surface area contributed by atoms with Crippen molar-refractivity contribution in [2.24, 2.45) is 5.41 Å². The number of ether oxygens (including phenoxy) is 2. The molecule has 1 aromatic carbocycles. The summed E-state index contributed by atoms with van der Waals surface area (Å²) in [6, 6.07) is 7.12. The number of pyridine rings is 1. The lowest BCUT2D eigenvalue weighted by Gasteiger charge is -2.22. The molecule has 0 fully saturated rings. The highest BCUT2D eigenvalue weighted by Gasteiger charge is 2.29. The molecule has 1 amide bonds. The van der Waals surface area contributed by atoms with Gasteiger partial charge in [-0.1, -0.05) is 64.1 Å². The fourth-order valence-corrected chi connectivity index (χ4v) is 3.38. The number of hydrogen-bond acceptors (Lipinski definition) is 6. The van der Waals surface area contributed by atoms with E-state index in [4.69, 9.17) is 9.47 Å². The van der Waals surface area contributed by atoms with Gasteiger partial charge < -0.3 is 14.8 Å². The minimum absolute atomic E-state index is 0.195. The first-order chi connectivity index (χ1) is 16.5. The molecule has 1 N–H and O–H groups in total. The lowest BCUT2D eigenvalue weighted by atomic mass is 9.92. The first-order valence-corrected chi connectivity index (χ1v) is 11.6. The maximum Gasteiger partial charge on any atom is 0.330 e. The SMILES string of the molecule is CCOC(=O)/C=C/C=C/c1cccc(C(=O)c2c(CC)c(C)nc(OC)c2NC(=O)C(C)(C)C)c1. The van der Waals surface area contributed by atoms with Gasteiger partial charge in [0.25, 0.3) is 0 Å². The quantitative estimate of drug-likeness (QED) is 0.227. The Kier molecular flexibility index (Phi) is 9.51. The fraction of sp³-hybridized carbons (Fsp3) is 0.357. The molecule has 0 bridgehead atoms. The number of ketones is 1. The number of amides is 1. The fourth-order valence-electron chi connectivity index (χ4n) is 3.38. The van der Waals surface area contributed by atoms with E-state index in [2.05, 4.69) is 10.3 Å². The zero-order chi connectivity index (χ0) is 26.2. The van der Waals surface area contributed by atoms with Crippen LogP contribution in [0.2, 0.25) is 0 Å². The summed E-state index contributed by atoms with van der Waals surface area (Å²) >= 11 is 0. The number of rotatable bonds is 9. The first kappa shape index (κ1) is 27.5. The molecule has 0 radical (unpaired) electrons. The summed E-state index contributed by atoms with van der Waals surface area (Å²) in [7, 11) is 1.46. The van der Waals surface area contributed by atoms with Gasteiger partial charge in [-0.25, -0.2) is 9.78 Å². The Bertz CT molecular complexity index is 1160. The van der Waals surface area contributed by atoms with Gasteiger partial charge in [-0.3, -0.25) is 9.59 Å². The van der Waals surface area contributed by atoms with Crippen LogP contribution < -0.4 is 10.1 Å². The topological polar surface area (TPSA) is 94.6 Å². The molecule has 0 unspecified atom stereocenters. The second-order valence-electron chi connectivity index (χ2n) is 8.92. The second-order valence-corrected chi connectivity index (χ2v) is 8.92. The molecule has 2 rings (SSSR count). The van der Waals surface area contributed by atoms with Crippen molar-refractivity contribution in [1.82, 2.24) is 4.98 Å². The number of aryl methyl sites for hydroxylation is 1. The first-order valence-electron chi connectivity index (χ1n) is 11.6. The van der Waals surface area contributed by atoms with E-state index in [1.807, 2.05) is 19.9 Å². The van der Waals surface area contributed by atoms with Crippen LogP contribution in [0.4, 0.5) is 5.69 Å². The number of carbonyl (C=O) groups is 3. The summed E-state index contributed by atoms with van der Waals surface area (Å²) in [4.78, 5) is 42.6. The van der Waals surface area contributed by atoms with Gasteiger partial charge in [0.1, 0.15) is 5.69 Å². The molecule has 7 nitrogen and oxygen atoms in total. The highest BCUT2D eigenvalue weighted by Crippen LogP contribution is 2.34. The van der Waals surface area contributed by atoms with E-state index < -0.39 is 11.4 Å². The van der Waals surface area contributed by atoms with Crippen molar-refractivity contribution in [3.63, 3.8) is 0 Å². The van der Waals surface area contributed by atoms with Gasteiger partial charge >= 0.3 is 5.97 Å². The molecule has 35 heavy (non-hydrogen) atoms. The van der Waals surface area contributed by atoms with Crippen molar-refractivity contribution in [1.29, 1.82) is 0 Å². The summed E-state index contributed by atoms with van der Waals surface area (Å²) in [5.41, 5.74) is 2.62. The second kappa shape index (κ2) is 12.1. The molecule has 7 heteroatoms. The number of methoxy groups -OCH3 is 1. The molecule has 186 valence electrons. The molecule has 0 saturated carbocycles. The van der Waals surface area contributed by atoms with Gasteiger partial charge in [-0.15, -0.1) is 0 Å². The summed E-state index contributed by atoms with van der Waals surface area (Å²) in [5.74, 6) is -0.712. The molecule has 0 spiro atoms. The van der Waals surface area contributed by atoms with Gasteiger partial charge in [-0.2, -0.15) is 0 Å². The highest BCUT2D eigenvalue weighted by atomic mass is 16.5. The summed E-state index contributed by atoms with van der Waals surface area (Å²) in [6.07, 6.45) is 6.96. The minimum Gasteiger partial charge on any atom is -0.479 e. The van der Waals surface area contributed by atoms with Crippen molar-refractivity contribution in [3.05, 3.63) is 70.4 Å². The van der Waals surface area contributed by atoms with Crippen LogP contribution in [0.1, 0.15) is 67.4 Å². The van der Waals surface area contributed by atoms with Crippen molar-refractivity contribution >= 4 is 29.4 Å². The molecule has 0 saturated heterocycles. The molecular weight excluding hydrogens is 444 g/mol. The Morgan fingerprint density at radius 3 is 2.43 bits per heavy atom. The maximum atomic E-state index is 13.8. The number of aromatic nitrogens is 1. The van der Waals surface area contributed by atoms with E-state index in [1.54, 1.807) is 64.1 Å². The van der Waals surface area contributed by atoms with Gasteiger partial charge in [-0.05, 0) is 37.5 Å². The van der Waals surface area contributed by atoms with Crippen LogP contribution >= 0.6 is 0 Å². The predicted octanol–water partition coefficient (Wildman–Crippen LogP) is 5.31. The monoisotopic (exact) mass is 478 g/mol. The Hall–Kier alpha value is -3.74. The Balaban J connectivity index is 2.53.